The van der Waals surface area contributed by atoms with Crippen LogP contribution in [0.3, 0.4) is 0 Å². The summed E-state index contributed by atoms with van der Waals surface area (Å²) in [7, 11) is 0. The lowest BCUT2D eigenvalue weighted by Crippen LogP contribution is -2.50. The number of hydrogen-bond acceptors (Lipinski definition) is 4. The van der Waals surface area contributed by atoms with Crippen LogP contribution in [0.25, 0.3) is 0 Å². The molecule has 1 saturated carbocycles. The van der Waals surface area contributed by atoms with Crippen molar-refractivity contribution in [2.24, 2.45) is 5.92 Å². The van der Waals surface area contributed by atoms with Crippen LogP contribution in [-0.4, -0.2) is 48.0 Å². The highest BCUT2D eigenvalue weighted by Crippen LogP contribution is 2.36. The highest BCUT2D eigenvalue weighted by Gasteiger charge is 2.52. The minimum absolute atomic E-state index is 0.0836. The zero-order chi connectivity index (χ0) is 21.9. The summed E-state index contributed by atoms with van der Waals surface area (Å²) in [5.74, 6) is 0.651. The van der Waals surface area contributed by atoms with Crippen molar-refractivity contribution < 1.29 is 19.1 Å². The zero-order valence-corrected chi connectivity index (χ0v) is 18.4. The largest absolute Gasteiger partial charge is 0.492 e. The minimum Gasteiger partial charge on any atom is -0.492 e. The van der Waals surface area contributed by atoms with Gasteiger partial charge in [-0.3, -0.25) is 14.5 Å². The number of benzene rings is 1. The average Bonchev–Trinajstić information content (AvgIpc) is 2.91. The molecular formula is C23H33N3O4. The average molecular weight is 416 g/mol. The standard InChI is InChI=1S/C23H33N3O4/c1-16-9-11-23(12-10-16)20(28)26(21(29)25-23)15-19(27)24-13-14-30-18-7-5-17(6-8-18)22(2,3)4/h5-8,16H,9-15H2,1-4H3,(H,24,27)(H,25,29). The van der Waals surface area contributed by atoms with Gasteiger partial charge in [-0.05, 0) is 54.7 Å². The molecule has 1 heterocycles. The first kappa shape index (κ1) is 22.1. The second-order valence-electron chi connectivity index (χ2n) is 9.56. The van der Waals surface area contributed by atoms with Crippen LogP contribution in [0.1, 0.15) is 58.9 Å². The number of hydrogen-bond donors (Lipinski definition) is 2. The number of urea groups is 1. The van der Waals surface area contributed by atoms with E-state index in [1.165, 1.54) is 5.56 Å². The fourth-order valence-electron chi connectivity index (χ4n) is 4.02. The maximum absolute atomic E-state index is 12.8. The molecule has 164 valence electrons. The molecule has 0 radical (unpaired) electrons. The van der Waals surface area contributed by atoms with Crippen LogP contribution in [0.5, 0.6) is 5.75 Å². The summed E-state index contributed by atoms with van der Waals surface area (Å²) in [5.41, 5.74) is 0.494. The second kappa shape index (κ2) is 8.66. The molecule has 1 spiro atoms. The first-order valence-electron chi connectivity index (χ1n) is 10.7. The van der Waals surface area contributed by atoms with Crippen molar-refractivity contribution in [2.75, 3.05) is 19.7 Å². The Morgan fingerprint density at radius 1 is 1.20 bits per heavy atom. The van der Waals surface area contributed by atoms with Crippen LogP contribution in [0, 0.1) is 5.92 Å². The van der Waals surface area contributed by atoms with E-state index in [2.05, 4.69) is 38.3 Å². The Hall–Kier alpha value is -2.57. The van der Waals surface area contributed by atoms with Crippen LogP contribution in [0.15, 0.2) is 24.3 Å². The summed E-state index contributed by atoms with van der Waals surface area (Å²) in [4.78, 5) is 38.3. The summed E-state index contributed by atoms with van der Waals surface area (Å²) < 4.78 is 5.66. The number of imide groups is 1. The van der Waals surface area contributed by atoms with E-state index < -0.39 is 11.6 Å². The van der Waals surface area contributed by atoms with Crippen LogP contribution in [-0.2, 0) is 15.0 Å². The van der Waals surface area contributed by atoms with Gasteiger partial charge >= 0.3 is 6.03 Å². The summed E-state index contributed by atoms with van der Waals surface area (Å²) >= 11 is 0. The summed E-state index contributed by atoms with van der Waals surface area (Å²) in [6.45, 7) is 8.96. The van der Waals surface area contributed by atoms with Gasteiger partial charge < -0.3 is 15.4 Å². The Labute approximate surface area is 178 Å². The molecule has 7 nitrogen and oxygen atoms in total. The molecule has 7 heteroatoms. The molecule has 1 saturated heterocycles. The van der Waals surface area contributed by atoms with Gasteiger partial charge in [0.1, 0.15) is 24.4 Å². The summed E-state index contributed by atoms with van der Waals surface area (Å²) in [6, 6.07) is 7.43. The maximum atomic E-state index is 12.8. The third kappa shape index (κ3) is 4.94. The molecule has 2 aliphatic rings. The van der Waals surface area contributed by atoms with Crippen LogP contribution in [0.4, 0.5) is 4.79 Å². The first-order chi connectivity index (χ1) is 14.1. The molecule has 0 aromatic heterocycles. The van der Waals surface area contributed by atoms with Gasteiger partial charge in [-0.2, -0.15) is 0 Å². The molecule has 2 N–H and O–H groups in total. The van der Waals surface area contributed by atoms with E-state index in [1.807, 2.05) is 24.3 Å². The normalized spacial score (nSPS) is 24.1. The molecule has 1 aliphatic carbocycles. The highest BCUT2D eigenvalue weighted by atomic mass is 16.5. The van der Waals surface area contributed by atoms with E-state index in [-0.39, 0.29) is 23.8 Å². The zero-order valence-electron chi connectivity index (χ0n) is 18.4. The highest BCUT2D eigenvalue weighted by molar-refractivity contribution is 6.09. The minimum atomic E-state index is -0.813. The van der Waals surface area contributed by atoms with Gasteiger partial charge in [0.2, 0.25) is 5.91 Å². The van der Waals surface area contributed by atoms with Gasteiger partial charge in [0, 0.05) is 0 Å². The van der Waals surface area contributed by atoms with Crippen molar-refractivity contribution in [2.45, 2.75) is 64.3 Å². The van der Waals surface area contributed by atoms with Crippen LogP contribution >= 0.6 is 0 Å². The number of nitrogens with one attached hydrogen (secondary N) is 2. The number of ether oxygens (including phenoxy) is 1. The van der Waals surface area contributed by atoms with Crippen molar-refractivity contribution in [1.29, 1.82) is 0 Å². The van der Waals surface area contributed by atoms with Crippen molar-refractivity contribution in [1.82, 2.24) is 15.5 Å². The third-order valence-corrected chi connectivity index (χ3v) is 6.09. The number of amides is 4. The lowest BCUT2D eigenvalue weighted by atomic mass is 9.77. The van der Waals surface area contributed by atoms with Crippen molar-refractivity contribution >= 4 is 17.8 Å². The van der Waals surface area contributed by atoms with E-state index in [1.54, 1.807) is 0 Å². The molecule has 0 bridgehead atoms. The van der Waals surface area contributed by atoms with Crippen LogP contribution in [0.2, 0.25) is 0 Å². The molecule has 0 atom stereocenters. The maximum Gasteiger partial charge on any atom is 0.325 e. The number of rotatable bonds is 6. The number of carbonyl (C=O) groups is 3. The molecule has 1 aromatic rings. The number of carbonyl (C=O) groups excluding carboxylic acids is 3. The van der Waals surface area contributed by atoms with E-state index >= 15 is 0 Å². The van der Waals surface area contributed by atoms with Gasteiger partial charge in [-0.25, -0.2) is 4.79 Å². The summed E-state index contributed by atoms with van der Waals surface area (Å²) in [5, 5.41) is 5.55. The molecule has 0 unspecified atom stereocenters. The van der Waals surface area contributed by atoms with E-state index in [4.69, 9.17) is 4.74 Å². The van der Waals surface area contributed by atoms with Gasteiger partial charge in [-0.15, -0.1) is 0 Å². The molecule has 30 heavy (non-hydrogen) atoms. The Balaban J connectivity index is 1.42. The molecule has 1 aliphatic heterocycles. The van der Waals surface area contributed by atoms with Gasteiger partial charge in [0.15, 0.2) is 0 Å². The lowest BCUT2D eigenvalue weighted by molar-refractivity contribution is -0.136. The van der Waals surface area contributed by atoms with Gasteiger partial charge in [-0.1, -0.05) is 39.8 Å². The Bertz CT molecular complexity index is 790. The number of nitrogens with zero attached hydrogens (tertiary/aromatic N) is 1. The van der Waals surface area contributed by atoms with Crippen LogP contribution < -0.4 is 15.4 Å². The molecule has 1 aromatic carbocycles. The van der Waals surface area contributed by atoms with E-state index in [0.29, 0.717) is 31.9 Å². The van der Waals surface area contributed by atoms with Gasteiger partial charge in [0.05, 0.1) is 6.54 Å². The second-order valence-corrected chi connectivity index (χ2v) is 9.56. The predicted octanol–water partition coefficient (Wildman–Crippen LogP) is 2.98. The molecular weight excluding hydrogens is 382 g/mol. The summed E-state index contributed by atoms with van der Waals surface area (Å²) in [6.07, 6.45) is 3.08. The topological polar surface area (TPSA) is 87.7 Å². The predicted molar refractivity (Wildman–Crippen MR) is 114 cm³/mol. The molecule has 4 amide bonds. The van der Waals surface area contributed by atoms with Crippen molar-refractivity contribution in [3.8, 4) is 5.75 Å². The Kier molecular flexibility index (Phi) is 6.38. The van der Waals surface area contributed by atoms with E-state index in [9.17, 15) is 14.4 Å². The monoisotopic (exact) mass is 415 g/mol. The SMILES string of the molecule is CC1CCC2(CC1)NC(=O)N(CC(=O)NCCOc1ccc(C(C)(C)C)cc1)C2=O. The fourth-order valence-corrected chi connectivity index (χ4v) is 4.02. The van der Waals surface area contributed by atoms with Crippen molar-refractivity contribution in [3.05, 3.63) is 29.8 Å². The lowest BCUT2D eigenvalue weighted by Gasteiger charge is -2.33. The third-order valence-electron chi connectivity index (χ3n) is 6.09. The van der Waals surface area contributed by atoms with E-state index in [0.717, 1.165) is 23.5 Å². The quantitative estimate of drug-likeness (QED) is 0.552. The first-order valence-corrected chi connectivity index (χ1v) is 10.7. The Morgan fingerprint density at radius 2 is 1.83 bits per heavy atom. The fraction of sp³-hybridized carbons (Fsp3) is 0.609. The van der Waals surface area contributed by atoms with Gasteiger partial charge in [0.25, 0.3) is 5.91 Å². The smallest absolute Gasteiger partial charge is 0.325 e. The van der Waals surface area contributed by atoms with Crippen molar-refractivity contribution in [3.63, 3.8) is 0 Å². The molecule has 3 rings (SSSR count). The molecule has 2 fully saturated rings. The Morgan fingerprint density at radius 3 is 2.43 bits per heavy atom.